The zero-order chi connectivity index (χ0) is 19.8. The highest BCUT2D eigenvalue weighted by Crippen LogP contribution is 2.18. The third-order valence-electron chi connectivity index (χ3n) is 3.75. The Morgan fingerprint density at radius 2 is 1.85 bits per heavy atom. The van der Waals surface area contributed by atoms with E-state index in [4.69, 9.17) is 22.1 Å². The molecule has 0 saturated carbocycles. The summed E-state index contributed by atoms with van der Waals surface area (Å²) in [5, 5.41) is 5.23. The molecule has 0 heterocycles. The molecule has 4 N–H and O–H groups in total. The van der Waals surface area contributed by atoms with Gasteiger partial charge in [-0.3, -0.25) is 9.59 Å². The molecule has 0 saturated heterocycles. The van der Waals surface area contributed by atoms with Crippen LogP contribution in [0.15, 0.2) is 48.5 Å². The van der Waals surface area contributed by atoms with Gasteiger partial charge in [0.1, 0.15) is 6.04 Å². The van der Waals surface area contributed by atoms with Crippen molar-refractivity contribution >= 4 is 35.1 Å². The average molecular weight is 390 g/mol. The summed E-state index contributed by atoms with van der Waals surface area (Å²) >= 11 is 5.96. The first-order chi connectivity index (χ1) is 12.9. The molecule has 0 aliphatic rings. The zero-order valence-electron chi connectivity index (χ0n) is 14.7. The maximum absolute atomic E-state index is 12.2. The monoisotopic (exact) mass is 389 g/mol. The number of carbonyl (C=O) groups excluding carboxylic acids is 3. The van der Waals surface area contributed by atoms with Gasteiger partial charge in [-0.2, -0.15) is 0 Å². The number of anilines is 1. The van der Waals surface area contributed by atoms with E-state index < -0.39 is 23.8 Å². The molecule has 2 aromatic carbocycles. The molecular formula is C19H20ClN3O4. The number of hydrogen-bond acceptors (Lipinski definition) is 5. The van der Waals surface area contributed by atoms with Crippen LogP contribution in [0.1, 0.15) is 15.9 Å². The van der Waals surface area contributed by atoms with Crippen molar-refractivity contribution in [2.45, 2.75) is 12.5 Å². The lowest BCUT2D eigenvalue weighted by Gasteiger charge is -2.17. The number of esters is 1. The van der Waals surface area contributed by atoms with Crippen LogP contribution in [0.25, 0.3) is 0 Å². The number of methoxy groups -OCH3 is 1. The zero-order valence-corrected chi connectivity index (χ0v) is 15.5. The maximum Gasteiger partial charge on any atom is 0.328 e. The predicted octanol–water partition coefficient (Wildman–Crippen LogP) is 1.55. The van der Waals surface area contributed by atoms with Crippen molar-refractivity contribution in [2.75, 3.05) is 19.4 Å². The van der Waals surface area contributed by atoms with Crippen molar-refractivity contribution < 1.29 is 19.1 Å². The number of ether oxygens (including phenoxy) is 1. The highest BCUT2D eigenvalue weighted by molar-refractivity contribution is 6.34. The van der Waals surface area contributed by atoms with Crippen molar-refractivity contribution in [2.24, 2.45) is 0 Å². The van der Waals surface area contributed by atoms with Crippen molar-refractivity contribution in [1.82, 2.24) is 10.6 Å². The van der Waals surface area contributed by atoms with Crippen LogP contribution in [0, 0.1) is 0 Å². The van der Waals surface area contributed by atoms with Gasteiger partial charge in [0, 0.05) is 12.1 Å². The third-order valence-corrected chi connectivity index (χ3v) is 4.08. The van der Waals surface area contributed by atoms with Gasteiger partial charge in [-0.25, -0.2) is 4.79 Å². The lowest BCUT2D eigenvalue weighted by molar-refractivity contribution is -0.144. The van der Waals surface area contributed by atoms with Crippen LogP contribution in [0.2, 0.25) is 5.02 Å². The topological polar surface area (TPSA) is 111 Å². The molecule has 27 heavy (non-hydrogen) atoms. The minimum Gasteiger partial charge on any atom is -0.467 e. The Hall–Kier alpha value is -3.06. The fraction of sp³-hybridized carbons (Fsp3) is 0.211. The molecule has 7 nitrogen and oxygen atoms in total. The van der Waals surface area contributed by atoms with Crippen molar-refractivity contribution in [1.29, 1.82) is 0 Å². The van der Waals surface area contributed by atoms with Crippen molar-refractivity contribution in [3.63, 3.8) is 0 Å². The fourth-order valence-corrected chi connectivity index (χ4v) is 2.61. The van der Waals surface area contributed by atoms with E-state index >= 15 is 0 Å². The van der Waals surface area contributed by atoms with E-state index in [0.29, 0.717) is 5.69 Å². The predicted molar refractivity (Wildman–Crippen MR) is 102 cm³/mol. The molecule has 0 spiro atoms. The number of nitrogen functional groups attached to an aromatic ring is 1. The van der Waals surface area contributed by atoms with Gasteiger partial charge in [0.05, 0.1) is 24.2 Å². The van der Waals surface area contributed by atoms with E-state index in [-0.39, 0.29) is 23.6 Å². The van der Waals surface area contributed by atoms with Crippen LogP contribution in [0.4, 0.5) is 5.69 Å². The molecule has 0 aliphatic heterocycles. The summed E-state index contributed by atoms with van der Waals surface area (Å²) in [4.78, 5) is 36.3. The van der Waals surface area contributed by atoms with Crippen LogP contribution < -0.4 is 16.4 Å². The summed E-state index contributed by atoms with van der Waals surface area (Å²) in [6.45, 7) is -0.327. The van der Waals surface area contributed by atoms with Gasteiger partial charge in [0.2, 0.25) is 5.91 Å². The Morgan fingerprint density at radius 3 is 2.52 bits per heavy atom. The first-order valence-corrected chi connectivity index (χ1v) is 8.53. The van der Waals surface area contributed by atoms with Crippen molar-refractivity contribution in [3.05, 3.63) is 64.7 Å². The van der Waals surface area contributed by atoms with E-state index in [1.54, 1.807) is 6.07 Å². The molecule has 0 aliphatic carbocycles. The third kappa shape index (κ3) is 6.00. The summed E-state index contributed by atoms with van der Waals surface area (Å²) in [5.74, 6) is -1.65. The first kappa shape index (κ1) is 20.3. The largest absolute Gasteiger partial charge is 0.467 e. The number of benzene rings is 2. The summed E-state index contributed by atoms with van der Waals surface area (Å²) in [6, 6.07) is 12.8. The Labute approximate surface area is 161 Å². The van der Waals surface area contributed by atoms with Gasteiger partial charge >= 0.3 is 5.97 Å². The van der Waals surface area contributed by atoms with Gasteiger partial charge in [0.25, 0.3) is 5.91 Å². The molecule has 2 rings (SSSR count). The second-order valence-corrected chi connectivity index (χ2v) is 6.16. The Kier molecular flexibility index (Phi) is 7.19. The van der Waals surface area contributed by atoms with E-state index in [1.165, 1.54) is 19.2 Å². The number of carbonyl (C=O) groups is 3. The first-order valence-electron chi connectivity index (χ1n) is 8.15. The van der Waals surface area contributed by atoms with Crippen LogP contribution in [0.3, 0.4) is 0 Å². The molecule has 1 unspecified atom stereocenters. The normalized spacial score (nSPS) is 11.3. The van der Waals surface area contributed by atoms with Gasteiger partial charge in [-0.15, -0.1) is 0 Å². The molecule has 8 heteroatoms. The lowest BCUT2D eigenvalue weighted by atomic mass is 10.1. The molecule has 1 atom stereocenters. The minimum absolute atomic E-state index is 0.165. The molecule has 2 aromatic rings. The van der Waals surface area contributed by atoms with Crippen LogP contribution in [-0.2, 0) is 20.7 Å². The number of hydrogen-bond donors (Lipinski definition) is 3. The summed E-state index contributed by atoms with van der Waals surface area (Å²) in [7, 11) is 1.25. The molecule has 0 aromatic heterocycles. The Morgan fingerprint density at radius 1 is 1.15 bits per heavy atom. The van der Waals surface area contributed by atoms with Gasteiger partial charge in [-0.1, -0.05) is 41.9 Å². The Balaban J connectivity index is 1.96. The minimum atomic E-state index is -0.863. The molecule has 0 radical (unpaired) electrons. The van der Waals surface area contributed by atoms with Crippen LogP contribution in [0.5, 0.6) is 0 Å². The van der Waals surface area contributed by atoms with Gasteiger partial charge < -0.3 is 21.1 Å². The molecule has 0 fully saturated rings. The summed E-state index contributed by atoms with van der Waals surface area (Å²) < 4.78 is 4.74. The van der Waals surface area contributed by atoms with Crippen molar-refractivity contribution in [3.8, 4) is 0 Å². The number of rotatable bonds is 7. The molecule has 142 valence electrons. The summed E-state index contributed by atoms with van der Waals surface area (Å²) in [6.07, 6.45) is 0.272. The maximum atomic E-state index is 12.2. The second-order valence-electron chi connectivity index (χ2n) is 5.75. The van der Waals surface area contributed by atoms with E-state index in [9.17, 15) is 14.4 Å². The molecular weight excluding hydrogens is 370 g/mol. The number of nitrogens with two attached hydrogens (primary N) is 1. The number of amides is 2. The smallest absolute Gasteiger partial charge is 0.328 e. The highest BCUT2D eigenvalue weighted by atomic mass is 35.5. The quantitative estimate of drug-likeness (QED) is 0.491. The molecule has 0 bridgehead atoms. The standard InChI is InChI=1S/C19H20ClN3O4/c1-27-19(26)16(9-12-5-3-2-4-6-12)23-17(24)11-22-18(25)14-10-13(21)7-8-15(14)20/h2-8,10,16H,9,11,21H2,1H3,(H,22,25)(H,23,24). The average Bonchev–Trinajstić information content (AvgIpc) is 2.67. The van der Waals surface area contributed by atoms with E-state index in [1.807, 2.05) is 30.3 Å². The highest BCUT2D eigenvalue weighted by Gasteiger charge is 2.22. The lowest BCUT2D eigenvalue weighted by Crippen LogP contribution is -2.47. The number of halogens is 1. The van der Waals surface area contributed by atoms with Crippen LogP contribution >= 0.6 is 11.6 Å². The van der Waals surface area contributed by atoms with E-state index in [0.717, 1.165) is 5.56 Å². The Bertz CT molecular complexity index is 827. The van der Waals surface area contributed by atoms with Crippen LogP contribution in [-0.4, -0.2) is 37.5 Å². The number of nitrogens with one attached hydrogen (secondary N) is 2. The molecule has 2 amide bonds. The van der Waals surface area contributed by atoms with Gasteiger partial charge in [0.15, 0.2) is 0 Å². The SMILES string of the molecule is COC(=O)C(Cc1ccccc1)NC(=O)CNC(=O)c1cc(N)ccc1Cl. The second kappa shape index (κ2) is 9.59. The summed E-state index contributed by atoms with van der Waals surface area (Å²) in [5.41, 5.74) is 7.05. The van der Waals surface area contributed by atoms with E-state index in [2.05, 4.69) is 10.6 Å². The van der Waals surface area contributed by atoms with Gasteiger partial charge in [-0.05, 0) is 23.8 Å². The fourth-order valence-electron chi connectivity index (χ4n) is 2.40.